The summed E-state index contributed by atoms with van der Waals surface area (Å²) >= 11 is 0. The van der Waals surface area contributed by atoms with E-state index in [0.29, 0.717) is 5.95 Å². The molecular formula is C15H21Cl2N7O. The molecule has 1 aliphatic rings. The number of imidazole rings is 1. The Kier molecular flexibility index (Phi) is 6.21. The van der Waals surface area contributed by atoms with Crippen molar-refractivity contribution in [2.24, 2.45) is 13.0 Å². The van der Waals surface area contributed by atoms with Gasteiger partial charge in [-0.1, -0.05) is 0 Å². The minimum Gasteiger partial charge on any atom is -0.385 e. The summed E-state index contributed by atoms with van der Waals surface area (Å²) in [5.74, 6) is 1.66. The Labute approximate surface area is 157 Å². The van der Waals surface area contributed by atoms with Crippen molar-refractivity contribution in [3.8, 4) is 0 Å². The van der Waals surface area contributed by atoms with Crippen LogP contribution in [0, 0.1) is 5.92 Å². The van der Waals surface area contributed by atoms with E-state index in [1.54, 1.807) is 18.6 Å². The van der Waals surface area contributed by atoms with Crippen LogP contribution in [-0.4, -0.2) is 47.9 Å². The summed E-state index contributed by atoms with van der Waals surface area (Å²) in [5.41, 5.74) is 0.755. The number of nitrogens with one attached hydrogen (secondary N) is 1. The Hall–Kier alpha value is -1.90. The molecule has 4 rings (SSSR count). The maximum Gasteiger partial charge on any atom is 0.227 e. The molecule has 0 spiro atoms. The van der Waals surface area contributed by atoms with Crippen molar-refractivity contribution in [2.75, 3.05) is 18.0 Å². The number of rotatable bonds is 3. The first-order chi connectivity index (χ1) is 11.2. The molecule has 4 heterocycles. The van der Waals surface area contributed by atoms with Crippen molar-refractivity contribution in [1.29, 1.82) is 0 Å². The minimum absolute atomic E-state index is 0. The summed E-state index contributed by atoms with van der Waals surface area (Å²) in [7, 11) is 1.91. The molecule has 1 atom stereocenters. The number of halogens is 2. The number of fused-ring (bicyclic) bond motifs is 1. The van der Waals surface area contributed by atoms with Gasteiger partial charge in [0.25, 0.3) is 0 Å². The number of aromatic amines is 1. The number of aliphatic hydroxyl groups excluding tert-OH is 1. The second-order valence-electron chi connectivity index (χ2n) is 6.01. The van der Waals surface area contributed by atoms with E-state index in [-0.39, 0.29) is 30.7 Å². The van der Waals surface area contributed by atoms with Gasteiger partial charge in [0, 0.05) is 38.7 Å². The lowest BCUT2D eigenvalue weighted by molar-refractivity contribution is 0.0823. The van der Waals surface area contributed by atoms with Crippen LogP contribution in [0.2, 0.25) is 0 Å². The van der Waals surface area contributed by atoms with Crippen LogP contribution < -0.4 is 4.90 Å². The highest BCUT2D eigenvalue weighted by Crippen LogP contribution is 2.30. The number of H-pyrrole nitrogens is 1. The fourth-order valence-corrected chi connectivity index (χ4v) is 3.17. The third kappa shape index (κ3) is 3.70. The highest BCUT2D eigenvalue weighted by Gasteiger charge is 2.29. The lowest BCUT2D eigenvalue weighted by Gasteiger charge is -2.33. The third-order valence-corrected chi connectivity index (χ3v) is 4.57. The van der Waals surface area contributed by atoms with E-state index >= 15 is 0 Å². The summed E-state index contributed by atoms with van der Waals surface area (Å²) in [6, 6.07) is 0. The van der Waals surface area contributed by atoms with E-state index in [9.17, 15) is 5.11 Å². The fraction of sp³-hybridized carbons (Fsp3) is 0.467. The van der Waals surface area contributed by atoms with Crippen molar-refractivity contribution in [3.05, 3.63) is 30.6 Å². The molecule has 1 fully saturated rings. The molecule has 25 heavy (non-hydrogen) atoms. The largest absolute Gasteiger partial charge is 0.385 e. The summed E-state index contributed by atoms with van der Waals surface area (Å²) in [6.45, 7) is 1.65. The predicted molar refractivity (Wildman–Crippen MR) is 99.3 cm³/mol. The van der Waals surface area contributed by atoms with E-state index < -0.39 is 6.10 Å². The number of hydrogen-bond acceptors (Lipinski definition) is 6. The highest BCUT2D eigenvalue weighted by molar-refractivity contribution is 5.85. The average molecular weight is 386 g/mol. The quantitative estimate of drug-likeness (QED) is 0.714. The number of piperidine rings is 1. The van der Waals surface area contributed by atoms with Crippen molar-refractivity contribution in [2.45, 2.75) is 18.9 Å². The van der Waals surface area contributed by atoms with Crippen LogP contribution in [0.5, 0.6) is 0 Å². The number of nitrogens with zero attached hydrogens (tertiary/aromatic N) is 6. The van der Waals surface area contributed by atoms with Gasteiger partial charge in [-0.3, -0.25) is 5.10 Å². The van der Waals surface area contributed by atoms with Gasteiger partial charge in [0.15, 0.2) is 5.65 Å². The van der Waals surface area contributed by atoms with Crippen LogP contribution in [0.3, 0.4) is 0 Å². The summed E-state index contributed by atoms with van der Waals surface area (Å²) in [4.78, 5) is 15.3. The lowest BCUT2D eigenvalue weighted by Crippen LogP contribution is -2.37. The van der Waals surface area contributed by atoms with Gasteiger partial charge in [-0.05, 0) is 18.8 Å². The number of aromatic nitrogens is 6. The Morgan fingerprint density at radius 3 is 2.64 bits per heavy atom. The van der Waals surface area contributed by atoms with Crippen LogP contribution in [0.15, 0.2) is 24.8 Å². The van der Waals surface area contributed by atoms with Crippen molar-refractivity contribution in [3.63, 3.8) is 0 Å². The number of hydrogen-bond donors (Lipinski definition) is 2. The topological polar surface area (TPSA) is 95.7 Å². The molecule has 0 bridgehead atoms. The van der Waals surface area contributed by atoms with E-state index in [4.69, 9.17) is 0 Å². The van der Waals surface area contributed by atoms with E-state index in [1.165, 1.54) is 0 Å². The summed E-state index contributed by atoms with van der Waals surface area (Å²) < 4.78 is 1.88. The van der Waals surface area contributed by atoms with E-state index in [1.807, 2.05) is 17.8 Å². The Morgan fingerprint density at radius 2 is 1.96 bits per heavy atom. The molecule has 10 heteroatoms. The third-order valence-electron chi connectivity index (χ3n) is 4.57. The molecule has 0 amide bonds. The smallest absolute Gasteiger partial charge is 0.227 e. The van der Waals surface area contributed by atoms with Gasteiger partial charge in [-0.25, -0.2) is 9.97 Å². The second-order valence-corrected chi connectivity index (χ2v) is 6.01. The maximum atomic E-state index is 10.5. The van der Waals surface area contributed by atoms with Crippen molar-refractivity contribution >= 4 is 41.8 Å². The molecule has 0 radical (unpaired) electrons. The first kappa shape index (κ1) is 19.4. The molecule has 1 aliphatic heterocycles. The van der Waals surface area contributed by atoms with Crippen LogP contribution in [0.1, 0.15) is 24.8 Å². The zero-order valence-corrected chi connectivity index (χ0v) is 15.4. The van der Waals surface area contributed by atoms with Gasteiger partial charge < -0.3 is 14.6 Å². The predicted octanol–water partition coefficient (Wildman–Crippen LogP) is 1.88. The minimum atomic E-state index is -0.520. The molecule has 0 aliphatic carbocycles. The Balaban J connectivity index is 0.00000113. The van der Waals surface area contributed by atoms with Crippen molar-refractivity contribution < 1.29 is 5.11 Å². The van der Waals surface area contributed by atoms with Gasteiger partial charge >= 0.3 is 0 Å². The monoisotopic (exact) mass is 385 g/mol. The molecule has 0 aromatic carbocycles. The number of anilines is 1. The number of aliphatic hydroxyl groups is 1. The lowest BCUT2D eigenvalue weighted by atomic mass is 9.91. The van der Waals surface area contributed by atoms with Crippen LogP contribution >= 0.6 is 24.8 Å². The zero-order chi connectivity index (χ0) is 15.8. The van der Waals surface area contributed by atoms with E-state index in [0.717, 1.165) is 42.8 Å². The first-order valence-electron chi connectivity index (χ1n) is 7.79. The Bertz CT molecular complexity index is 813. The fourth-order valence-electron chi connectivity index (χ4n) is 3.17. The van der Waals surface area contributed by atoms with E-state index in [2.05, 4.69) is 30.0 Å². The van der Waals surface area contributed by atoms with Gasteiger partial charge in [0.2, 0.25) is 5.95 Å². The normalized spacial score (nSPS) is 16.3. The molecule has 2 N–H and O–H groups in total. The molecule has 1 unspecified atom stereocenters. The molecule has 3 aromatic heterocycles. The van der Waals surface area contributed by atoms with Gasteiger partial charge in [-0.2, -0.15) is 10.1 Å². The van der Waals surface area contributed by atoms with Gasteiger partial charge in [0.1, 0.15) is 11.9 Å². The number of aryl methyl sites for hydroxylation is 1. The van der Waals surface area contributed by atoms with Crippen LogP contribution in [0.4, 0.5) is 5.95 Å². The summed E-state index contributed by atoms with van der Waals surface area (Å²) in [5, 5.41) is 18.3. The highest BCUT2D eigenvalue weighted by atomic mass is 35.5. The molecular weight excluding hydrogens is 365 g/mol. The molecule has 8 nitrogen and oxygen atoms in total. The van der Waals surface area contributed by atoms with Crippen LogP contribution in [0.25, 0.3) is 11.0 Å². The second kappa shape index (κ2) is 7.99. The average Bonchev–Trinajstić information content (AvgIpc) is 3.22. The zero-order valence-electron chi connectivity index (χ0n) is 13.7. The van der Waals surface area contributed by atoms with Crippen LogP contribution in [-0.2, 0) is 7.05 Å². The standard InChI is InChI=1S/C15H19N7O.2ClH/c1-21-7-4-16-14(21)12(23)10-2-5-22(6-3-10)15-17-8-11-9-18-20-13(11)19-15;;/h4,7-10,12,23H,2-3,5-6H2,1H3,(H,17,18,19,20);2*1H. The van der Waals surface area contributed by atoms with Gasteiger partial charge in [-0.15, -0.1) is 24.8 Å². The van der Waals surface area contributed by atoms with Gasteiger partial charge in [0.05, 0.1) is 11.6 Å². The molecule has 136 valence electrons. The Morgan fingerprint density at radius 1 is 1.20 bits per heavy atom. The summed E-state index contributed by atoms with van der Waals surface area (Å²) in [6.07, 6.45) is 8.34. The first-order valence-corrected chi connectivity index (χ1v) is 7.79. The maximum absolute atomic E-state index is 10.5. The van der Waals surface area contributed by atoms with Crippen molar-refractivity contribution in [1.82, 2.24) is 29.7 Å². The molecule has 1 saturated heterocycles. The SMILES string of the molecule is Cl.Cl.Cn1ccnc1C(O)C1CCN(c2ncc3cn[nH]c3n2)CC1. The molecule has 3 aromatic rings. The molecule has 0 saturated carbocycles.